The van der Waals surface area contributed by atoms with Gasteiger partial charge in [0.05, 0.1) is 9.79 Å². The number of fused-ring (bicyclic) bond motifs is 2. The number of benzene rings is 2. The molecule has 0 spiro atoms. The zero-order valence-electron chi connectivity index (χ0n) is 12.6. The second-order valence-electron chi connectivity index (χ2n) is 5.33. The molecule has 9 heteroatoms. The van der Waals surface area contributed by atoms with Gasteiger partial charge in [-0.25, -0.2) is 13.5 Å². The summed E-state index contributed by atoms with van der Waals surface area (Å²) < 4.78 is 25.6. The quantitative estimate of drug-likeness (QED) is 0.561. The Morgan fingerprint density at radius 2 is 1.80 bits per heavy atom. The first kappa shape index (κ1) is 15.2. The summed E-state index contributed by atoms with van der Waals surface area (Å²) in [6.07, 6.45) is 1.22. The average Bonchev–Trinajstić information content (AvgIpc) is 3.12. The van der Waals surface area contributed by atoms with E-state index in [4.69, 9.17) is 0 Å². The van der Waals surface area contributed by atoms with Crippen molar-refractivity contribution in [3.8, 4) is 0 Å². The highest BCUT2D eigenvalue weighted by Gasteiger charge is 2.35. The lowest BCUT2D eigenvalue weighted by atomic mass is 10.0. The lowest BCUT2D eigenvalue weighted by Crippen LogP contribution is -2.21. The molecule has 2 N–H and O–H groups in total. The molecule has 0 radical (unpaired) electrons. The number of aromatic nitrogens is 3. The van der Waals surface area contributed by atoms with Gasteiger partial charge in [0.2, 0.25) is 15.8 Å². The van der Waals surface area contributed by atoms with E-state index in [1.807, 2.05) is 0 Å². The van der Waals surface area contributed by atoms with Crippen molar-refractivity contribution < 1.29 is 18.0 Å². The topological polar surface area (TPSA) is 122 Å². The van der Waals surface area contributed by atoms with Crippen LogP contribution in [0.15, 0.2) is 58.6 Å². The molecule has 8 nitrogen and oxygen atoms in total. The van der Waals surface area contributed by atoms with E-state index in [-0.39, 0.29) is 38.2 Å². The number of rotatable bonds is 2. The molecule has 3 aromatic rings. The molecule has 124 valence electrons. The molecule has 2 heterocycles. The predicted octanol–water partition coefficient (Wildman–Crippen LogP) is 1.43. The molecule has 0 saturated carbocycles. The second-order valence-corrected chi connectivity index (χ2v) is 7.21. The van der Waals surface area contributed by atoms with Crippen molar-refractivity contribution in [2.24, 2.45) is 0 Å². The summed E-state index contributed by atoms with van der Waals surface area (Å²) in [6.45, 7) is 0. The second kappa shape index (κ2) is 5.35. The Bertz CT molecular complexity index is 1120. The number of amides is 1. The van der Waals surface area contributed by atoms with E-state index in [0.717, 1.165) is 0 Å². The normalized spacial score (nSPS) is 14.5. The van der Waals surface area contributed by atoms with Crippen LogP contribution in [0.4, 0.5) is 5.95 Å². The zero-order valence-corrected chi connectivity index (χ0v) is 13.4. The lowest BCUT2D eigenvalue weighted by molar-refractivity contribution is 0.101. The minimum atomic E-state index is -3.89. The number of hydrogen-bond acceptors (Lipinski definition) is 6. The van der Waals surface area contributed by atoms with Gasteiger partial charge in [-0.2, -0.15) is 10.1 Å². The van der Waals surface area contributed by atoms with Gasteiger partial charge in [0.25, 0.3) is 5.91 Å². The summed E-state index contributed by atoms with van der Waals surface area (Å²) in [5.74, 6) is -0.823. The Labute approximate surface area is 141 Å². The number of sulfone groups is 1. The van der Waals surface area contributed by atoms with Crippen LogP contribution in [0.1, 0.15) is 26.3 Å². The Balaban J connectivity index is 1.81. The van der Waals surface area contributed by atoms with Crippen LogP contribution in [0, 0.1) is 0 Å². The molecule has 1 aliphatic rings. The zero-order chi connectivity index (χ0) is 17.6. The van der Waals surface area contributed by atoms with Gasteiger partial charge in [0.15, 0.2) is 5.78 Å². The van der Waals surface area contributed by atoms with Crippen LogP contribution in [0.5, 0.6) is 0 Å². The Morgan fingerprint density at radius 3 is 2.56 bits per heavy atom. The summed E-state index contributed by atoms with van der Waals surface area (Å²) >= 11 is 0. The van der Waals surface area contributed by atoms with E-state index in [1.165, 1.54) is 36.7 Å². The molecule has 0 fully saturated rings. The highest BCUT2D eigenvalue weighted by Crippen LogP contribution is 2.34. The molecule has 0 saturated heterocycles. The van der Waals surface area contributed by atoms with Crippen LogP contribution in [-0.4, -0.2) is 35.3 Å². The van der Waals surface area contributed by atoms with E-state index < -0.39 is 15.7 Å². The predicted molar refractivity (Wildman–Crippen MR) is 86.1 cm³/mol. The first-order valence-corrected chi connectivity index (χ1v) is 8.66. The van der Waals surface area contributed by atoms with Gasteiger partial charge in [0.1, 0.15) is 6.33 Å². The third kappa shape index (κ3) is 2.32. The van der Waals surface area contributed by atoms with E-state index in [0.29, 0.717) is 0 Å². The molecular formula is C16H10N4O4S. The number of aromatic amines is 1. The van der Waals surface area contributed by atoms with Crippen LogP contribution < -0.4 is 5.32 Å². The molecular weight excluding hydrogens is 344 g/mol. The smallest absolute Gasteiger partial charge is 0.258 e. The Hall–Kier alpha value is -3.33. The van der Waals surface area contributed by atoms with Gasteiger partial charge < -0.3 is 0 Å². The van der Waals surface area contributed by atoms with E-state index in [9.17, 15) is 18.0 Å². The van der Waals surface area contributed by atoms with Gasteiger partial charge in [0, 0.05) is 16.7 Å². The molecule has 25 heavy (non-hydrogen) atoms. The molecule has 4 rings (SSSR count). The monoisotopic (exact) mass is 354 g/mol. The molecule has 0 unspecified atom stereocenters. The van der Waals surface area contributed by atoms with Crippen molar-refractivity contribution in [1.82, 2.24) is 15.2 Å². The van der Waals surface area contributed by atoms with Crippen molar-refractivity contribution in [1.29, 1.82) is 0 Å². The Morgan fingerprint density at radius 1 is 1.04 bits per heavy atom. The maximum absolute atomic E-state index is 12.8. The fourth-order valence-electron chi connectivity index (χ4n) is 2.67. The highest BCUT2D eigenvalue weighted by molar-refractivity contribution is 7.91. The SMILES string of the molecule is O=C(Nc1ncn[nH]1)c1ccc2c(c1)S(=O)(=O)c1ccccc1C2=O. The third-order valence-corrected chi connectivity index (χ3v) is 5.70. The average molecular weight is 354 g/mol. The van der Waals surface area contributed by atoms with Gasteiger partial charge in [-0.3, -0.25) is 14.9 Å². The molecule has 1 amide bonds. The van der Waals surface area contributed by atoms with E-state index in [1.54, 1.807) is 12.1 Å². The number of carbonyl (C=O) groups excluding carboxylic acids is 2. The van der Waals surface area contributed by atoms with Gasteiger partial charge in [-0.05, 0) is 30.3 Å². The number of carbonyl (C=O) groups is 2. The molecule has 2 aromatic carbocycles. The molecule has 0 aliphatic carbocycles. The lowest BCUT2D eigenvalue weighted by Gasteiger charge is -2.19. The molecule has 1 aliphatic heterocycles. The van der Waals surface area contributed by atoms with Crippen molar-refractivity contribution in [2.75, 3.05) is 5.32 Å². The van der Waals surface area contributed by atoms with Crippen molar-refractivity contribution in [2.45, 2.75) is 9.79 Å². The highest BCUT2D eigenvalue weighted by atomic mass is 32.2. The number of nitrogens with zero attached hydrogens (tertiary/aromatic N) is 2. The third-order valence-electron chi connectivity index (χ3n) is 3.85. The summed E-state index contributed by atoms with van der Waals surface area (Å²) in [5, 5.41) is 8.53. The van der Waals surface area contributed by atoms with Crippen LogP contribution in [0.3, 0.4) is 0 Å². The summed E-state index contributed by atoms with van der Waals surface area (Å²) in [5.41, 5.74) is 0.273. The minimum absolute atomic E-state index is 0.0508. The van der Waals surface area contributed by atoms with Crippen LogP contribution in [0.25, 0.3) is 0 Å². The first-order chi connectivity index (χ1) is 12.0. The standard InChI is InChI=1S/C16H10N4O4S/c21-14-10-3-1-2-4-12(10)25(23,24)13-7-9(5-6-11(13)14)15(22)19-16-17-8-18-20-16/h1-8H,(H2,17,18,19,20,22). The van der Waals surface area contributed by atoms with Crippen LogP contribution >= 0.6 is 0 Å². The van der Waals surface area contributed by atoms with Crippen LogP contribution in [-0.2, 0) is 9.84 Å². The summed E-state index contributed by atoms with van der Waals surface area (Å²) in [7, 11) is -3.89. The van der Waals surface area contributed by atoms with Crippen molar-refractivity contribution in [3.05, 3.63) is 65.5 Å². The van der Waals surface area contributed by atoms with E-state index >= 15 is 0 Å². The van der Waals surface area contributed by atoms with Gasteiger partial charge in [-0.15, -0.1) is 0 Å². The Kier molecular flexibility index (Phi) is 3.25. The number of nitrogens with one attached hydrogen (secondary N) is 2. The van der Waals surface area contributed by atoms with Crippen molar-refractivity contribution in [3.63, 3.8) is 0 Å². The van der Waals surface area contributed by atoms with E-state index in [2.05, 4.69) is 20.5 Å². The fraction of sp³-hybridized carbons (Fsp3) is 0. The minimum Gasteiger partial charge on any atom is -0.291 e. The van der Waals surface area contributed by atoms with Gasteiger partial charge >= 0.3 is 0 Å². The molecule has 0 atom stereocenters. The van der Waals surface area contributed by atoms with Crippen LogP contribution in [0.2, 0.25) is 0 Å². The van der Waals surface area contributed by atoms with Gasteiger partial charge in [-0.1, -0.05) is 12.1 Å². The number of hydrogen-bond donors (Lipinski definition) is 2. The summed E-state index contributed by atoms with van der Waals surface area (Å²) in [6, 6.07) is 9.96. The largest absolute Gasteiger partial charge is 0.291 e. The maximum atomic E-state index is 12.8. The molecule has 0 bridgehead atoms. The number of anilines is 1. The number of ketones is 1. The first-order valence-electron chi connectivity index (χ1n) is 7.18. The number of H-pyrrole nitrogens is 1. The maximum Gasteiger partial charge on any atom is 0.258 e. The molecule has 1 aromatic heterocycles. The summed E-state index contributed by atoms with van der Waals surface area (Å²) in [4.78, 5) is 28.3. The fourth-order valence-corrected chi connectivity index (χ4v) is 4.35. The van der Waals surface area contributed by atoms with Crippen molar-refractivity contribution >= 4 is 27.5 Å².